The second-order valence-electron chi connectivity index (χ2n) is 7.72. The normalized spacial score (nSPS) is 15.5. The molecule has 2 amide bonds. The van der Waals surface area contributed by atoms with Crippen molar-refractivity contribution < 1.29 is 14.0 Å². The van der Waals surface area contributed by atoms with Crippen LogP contribution in [0.1, 0.15) is 25.1 Å². The van der Waals surface area contributed by atoms with Crippen LogP contribution in [-0.4, -0.2) is 60.4 Å². The predicted octanol–water partition coefficient (Wildman–Crippen LogP) is 3.63. The van der Waals surface area contributed by atoms with Crippen molar-refractivity contribution in [2.24, 2.45) is 0 Å². The van der Waals surface area contributed by atoms with Crippen LogP contribution in [0.5, 0.6) is 0 Å². The Kier molecular flexibility index (Phi) is 7.76. The topological polar surface area (TPSA) is 52.7 Å². The fourth-order valence-corrected chi connectivity index (χ4v) is 4.31. The molecule has 1 aliphatic heterocycles. The third kappa shape index (κ3) is 6.50. The highest BCUT2D eigenvalue weighted by Crippen LogP contribution is 2.29. The van der Waals surface area contributed by atoms with Gasteiger partial charge in [-0.25, -0.2) is 4.39 Å². The summed E-state index contributed by atoms with van der Waals surface area (Å²) in [6.45, 7) is 7.08. The molecule has 0 radical (unpaired) electrons. The monoisotopic (exact) mass is 429 g/mol. The van der Waals surface area contributed by atoms with Crippen molar-refractivity contribution in [3.05, 3.63) is 53.2 Å². The number of nitrogens with one attached hydrogen (secondary N) is 1. The van der Waals surface area contributed by atoms with Crippen LogP contribution in [0.15, 0.2) is 42.5 Å². The SMILES string of the molecule is CC(C)NC(=O)CN1CCCN(C(=O)/C=C/c2ccc(-c3ccc(F)cc3)s2)CC1. The zero-order chi connectivity index (χ0) is 21.5. The number of benzene rings is 1. The Morgan fingerprint density at radius 3 is 2.60 bits per heavy atom. The van der Waals surface area contributed by atoms with Gasteiger partial charge in [0.25, 0.3) is 0 Å². The summed E-state index contributed by atoms with van der Waals surface area (Å²) in [6.07, 6.45) is 4.29. The third-order valence-electron chi connectivity index (χ3n) is 4.86. The number of nitrogens with zero attached hydrogens (tertiary/aromatic N) is 2. The summed E-state index contributed by atoms with van der Waals surface area (Å²) in [5.74, 6) is -0.239. The standard InChI is InChI=1S/C23H28FN3O2S/c1-17(2)25-22(28)16-26-12-3-13-27(15-14-26)23(29)11-9-20-8-10-21(30-20)18-4-6-19(24)7-5-18/h4-11,17H,3,12-16H2,1-2H3,(H,25,28)/b11-9+. The van der Waals surface area contributed by atoms with Crippen LogP contribution in [0.3, 0.4) is 0 Å². The van der Waals surface area contributed by atoms with Gasteiger partial charge in [0.2, 0.25) is 11.8 Å². The molecule has 2 heterocycles. The van der Waals surface area contributed by atoms with E-state index in [0.717, 1.165) is 28.3 Å². The minimum absolute atomic E-state index is 0.0137. The van der Waals surface area contributed by atoms with E-state index in [1.54, 1.807) is 29.5 Å². The van der Waals surface area contributed by atoms with Gasteiger partial charge in [0.1, 0.15) is 5.82 Å². The first-order valence-corrected chi connectivity index (χ1v) is 11.1. The molecule has 0 unspecified atom stereocenters. The fraction of sp³-hybridized carbons (Fsp3) is 0.391. The Morgan fingerprint density at radius 2 is 1.87 bits per heavy atom. The highest BCUT2D eigenvalue weighted by atomic mass is 32.1. The summed E-state index contributed by atoms with van der Waals surface area (Å²) in [5, 5.41) is 2.91. The van der Waals surface area contributed by atoms with E-state index in [2.05, 4.69) is 10.2 Å². The maximum atomic E-state index is 13.1. The molecule has 5 nitrogen and oxygen atoms in total. The maximum Gasteiger partial charge on any atom is 0.246 e. The van der Waals surface area contributed by atoms with Gasteiger partial charge >= 0.3 is 0 Å². The van der Waals surface area contributed by atoms with Crippen LogP contribution in [-0.2, 0) is 9.59 Å². The molecule has 1 aromatic carbocycles. The van der Waals surface area contributed by atoms with E-state index in [9.17, 15) is 14.0 Å². The lowest BCUT2D eigenvalue weighted by Crippen LogP contribution is -2.41. The molecule has 0 saturated carbocycles. The number of thiophene rings is 1. The molecule has 1 aliphatic rings. The van der Waals surface area contributed by atoms with Crippen molar-refractivity contribution in [2.75, 3.05) is 32.7 Å². The lowest BCUT2D eigenvalue weighted by atomic mass is 10.2. The minimum Gasteiger partial charge on any atom is -0.353 e. The van der Waals surface area contributed by atoms with Gasteiger partial charge in [0, 0.05) is 48.1 Å². The molecular formula is C23H28FN3O2S. The second kappa shape index (κ2) is 10.5. The van der Waals surface area contributed by atoms with E-state index >= 15 is 0 Å². The molecule has 0 spiro atoms. The Balaban J connectivity index is 1.53. The molecule has 0 bridgehead atoms. The first-order valence-electron chi connectivity index (χ1n) is 10.2. The summed E-state index contributed by atoms with van der Waals surface area (Å²) in [7, 11) is 0. The first-order chi connectivity index (χ1) is 14.4. The lowest BCUT2D eigenvalue weighted by Gasteiger charge is -2.21. The summed E-state index contributed by atoms with van der Waals surface area (Å²) in [6, 6.07) is 10.5. The van der Waals surface area contributed by atoms with Gasteiger partial charge in [-0.05, 0) is 56.2 Å². The maximum absolute atomic E-state index is 13.1. The van der Waals surface area contributed by atoms with Gasteiger partial charge < -0.3 is 10.2 Å². The smallest absolute Gasteiger partial charge is 0.246 e. The molecule has 2 aromatic rings. The Hall–Kier alpha value is -2.51. The van der Waals surface area contributed by atoms with E-state index in [1.807, 2.05) is 37.0 Å². The zero-order valence-electron chi connectivity index (χ0n) is 17.4. The van der Waals surface area contributed by atoms with Crippen LogP contribution < -0.4 is 5.32 Å². The highest BCUT2D eigenvalue weighted by molar-refractivity contribution is 7.16. The summed E-state index contributed by atoms with van der Waals surface area (Å²) < 4.78 is 13.1. The molecule has 1 fully saturated rings. The van der Waals surface area contributed by atoms with Crippen LogP contribution in [0, 0.1) is 5.82 Å². The molecule has 1 aromatic heterocycles. The third-order valence-corrected chi connectivity index (χ3v) is 5.96. The van der Waals surface area contributed by atoms with E-state index in [0.29, 0.717) is 26.2 Å². The Morgan fingerprint density at radius 1 is 1.10 bits per heavy atom. The molecule has 3 rings (SSSR count). The van der Waals surface area contributed by atoms with E-state index in [4.69, 9.17) is 0 Å². The molecule has 0 aliphatic carbocycles. The number of carbonyl (C=O) groups excluding carboxylic acids is 2. The molecule has 7 heteroatoms. The van der Waals surface area contributed by atoms with Crippen LogP contribution in [0.2, 0.25) is 0 Å². The van der Waals surface area contributed by atoms with Gasteiger partial charge in [-0.3, -0.25) is 14.5 Å². The van der Waals surface area contributed by atoms with Gasteiger partial charge in [0.05, 0.1) is 6.54 Å². The molecule has 1 N–H and O–H groups in total. The summed E-state index contributed by atoms with van der Waals surface area (Å²) >= 11 is 1.56. The van der Waals surface area contributed by atoms with Crippen molar-refractivity contribution in [1.82, 2.24) is 15.1 Å². The van der Waals surface area contributed by atoms with Gasteiger partial charge in [0.15, 0.2) is 0 Å². The van der Waals surface area contributed by atoms with Crippen molar-refractivity contribution >= 4 is 29.2 Å². The van der Waals surface area contributed by atoms with Crippen molar-refractivity contribution in [2.45, 2.75) is 26.3 Å². The molecule has 0 atom stereocenters. The number of halogens is 1. The van der Waals surface area contributed by atoms with Crippen molar-refractivity contribution in [1.29, 1.82) is 0 Å². The van der Waals surface area contributed by atoms with E-state index < -0.39 is 0 Å². The van der Waals surface area contributed by atoms with Gasteiger partial charge in [-0.1, -0.05) is 12.1 Å². The highest BCUT2D eigenvalue weighted by Gasteiger charge is 2.19. The Labute approximate surface area is 181 Å². The van der Waals surface area contributed by atoms with Crippen LogP contribution in [0.25, 0.3) is 16.5 Å². The van der Waals surface area contributed by atoms with Crippen molar-refractivity contribution in [3.8, 4) is 10.4 Å². The molecule has 1 saturated heterocycles. The van der Waals surface area contributed by atoms with E-state index in [-0.39, 0.29) is 23.7 Å². The molecule has 30 heavy (non-hydrogen) atoms. The molecular weight excluding hydrogens is 401 g/mol. The number of carbonyl (C=O) groups is 2. The first kappa shape index (κ1) is 22.2. The quantitative estimate of drug-likeness (QED) is 0.714. The number of amides is 2. The van der Waals surface area contributed by atoms with Crippen molar-refractivity contribution in [3.63, 3.8) is 0 Å². The molecule has 160 valence electrons. The predicted molar refractivity (Wildman–Crippen MR) is 120 cm³/mol. The average Bonchev–Trinajstić information content (AvgIpc) is 3.05. The van der Waals surface area contributed by atoms with Crippen LogP contribution in [0.4, 0.5) is 4.39 Å². The number of rotatable bonds is 6. The number of hydrogen-bond acceptors (Lipinski definition) is 4. The summed E-state index contributed by atoms with van der Waals surface area (Å²) in [4.78, 5) is 30.5. The fourth-order valence-electron chi connectivity index (χ4n) is 3.39. The second-order valence-corrected chi connectivity index (χ2v) is 8.83. The Bertz CT molecular complexity index is 892. The number of hydrogen-bond donors (Lipinski definition) is 1. The largest absolute Gasteiger partial charge is 0.353 e. The summed E-state index contributed by atoms with van der Waals surface area (Å²) in [5.41, 5.74) is 0.960. The zero-order valence-corrected chi connectivity index (χ0v) is 18.3. The lowest BCUT2D eigenvalue weighted by molar-refractivity contribution is -0.125. The van der Waals surface area contributed by atoms with Gasteiger partial charge in [-0.15, -0.1) is 11.3 Å². The minimum atomic E-state index is -0.252. The van der Waals surface area contributed by atoms with E-state index in [1.165, 1.54) is 12.1 Å². The van der Waals surface area contributed by atoms with Crippen LogP contribution >= 0.6 is 11.3 Å². The average molecular weight is 430 g/mol. The van der Waals surface area contributed by atoms with Gasteiger partial charge in [-0.2, -0.15) is 0 Å².